The summed E-state index contributed by atoms with van der Waals surface area (Å²) in [4.78, 5) is 19.5. The van der Waals surface area contributed by atoms with Gasteiger partial charge in [-0.05, 0) is 37.9 Å². The van der Waals surface area contributed by atoms with E-state index in [2.05, 4.69) is 29.0 Å². The number of rotatable bonds is 3. The average Bonchev–Trinajstić information content (AvgIpc) is 2.29. The molecule has 0 saturated heterocycles. The van der Waals surface area contributed by atoms with Crippen molar-refractivity contribution in [2.24, 2.45) is 9.98 Å². The fraction of sp³-hybridized carbons (Fsp3) is 0.143. The minimum Gasteiger partial charge on any atom is -0.267 e. The van der Waals surface area contributed by atoms with E-state index in [1.165, 1.54) is 6.21 Å². The van der Waals surface area contributed by atoms with Crippen LogP contribution in [0.4, 0.5) is 5.69 Å². The number of hydrogen-bond acceptors (Lipinski definition) is 2. The van der Waals surface area contributed by atoms with Crippen molar-refractivity contribution in [1.82, 2.24) is 0 Å². The van der Waals surface area contributed by atoms with E-state index >= 15 is 0 Å². The van der Waals surface area contributed by atoms with Gasteiger partial charge in [0.05, 0.1) is 11.3 Å². The zero-order valence-electron chi connectivity index (χ0n) is 10.0. The molecule has 0 radical (unpaired) electrons. The normalized spacial score (nSPS) is 10.0. The van der Waals surface area contributed by atoms with Crippen molar-refractivity contribution in [3.63, 3.8) is 0 Å². The van der Waals surface area contributed by atoms with Crippen molar-refractivity contribution in [3.05, 3.63) is 42.5 Å². The van der Waals surface area contributed by atoms with Crippen molar-refractivity contribution in [2.45, 2.75) is 13.8 Å². The number of amides is 1. The molecule has 0 bridgehead atoms. The Hall–Kier alpha value is -2.25. The van der Waals surface area contributed by atoms with Crippen molar-refractivity contribution >= 4 is 29.3 Å². The summed E-state index contributed by atoms with van der Waals surface area (Å²) in [6.07, 6.45) is 1.46. The van der Waals surface area contributed by atoms with Crippen LogP contribution in [0, 0.1) is 0 Å². The predicted molar refractivity (Wildman–Crippen MR) is 72.4 cm³/mol. The van der Waals surface area contributed by atoms with Crippen LogP contribution >= 0.6 is 0 Å². The molecule has 0 unspecified atom stereocenters. The lowest BCUT2D eigenvalue weighted by molar-refractivity contribution is 0.100. The largest absolute Gasteiger partial charge is 0.278 e. The molecule has 0 atom stereocenters. The van der Waals surface area contributed by atoms with Gasteiger partial charge in [0, 0.05) is 11.8 Å². The maximum Gasteiger partial charge on any atom is 0.278 e. The maximum atomic E-state index is 11.8. The Bertz CT molecular complexity index is 535. The maximum absolute atomic E-state index is 11.8. The van der Waals surface area contributed by atoms with Gasteiger partial charge in [0.1, 0.15) is 0 Å². The molecule has 17 heavy (non-hydrogen) atoms. The number of nitrogens with zero attached hydrogens (tertiary/aromatic N) is 2. The predicted octanol–water partition coefficient (Wildman–Crippen LogP) is 3.44. The lowest BCUT2D eigenvalue weighted by Crippen LogP contribution is -1.97. The lowest BCUT2D eigenvalue weighted by Gasteiger charge is -2.07. The van der Waals surface area contributed by atoms with E-state index in [0.717, 1.165) is 11.1 Å². The Morgan fingerprint density at radius 2 is 2.06 bits per heavy atom. The topological polar surface area (TPSA) is 41.8 Å². The van der Waals surface area contributed by atoms with Gasteiger partial charge in [0.25, 0.3) is 5.91 Å². The zero-order chi connectivity index (χ0) is 12.8. The summed E-state index contributed by atoms with van der Waals surface area (Å²) in [5.74, 6) is 2.12. The Kier molecular flexibility index (Phi) is 4.32. The summed E-state index contributed by atoms with van der Waals surface area (Å²) in [5, 5.41) is 0. The lowest BCUT2D eigenvalue weighted by atomic mass is 10.0. The van der Waals surface area contributed by atoms with E-state index in [1.807, 2.05) is 13.0 Å². The molecular weight excluding hydrogens is 212 g/mol. The second-order valence-corrected chi connectivity index (χ2v) is 3.44. The zero-order valence-corrected chi connectivity index (χ0v) is 10.0. The van der Waals surface area contributed by atoms with Gasteiger partial charge in [-0.25, -0.2) is 9.98 Å². The third-order valence-electron chi connectivity index (χ3n) is 2.16. The summed E-state index contributed by atoms with van der Waals surface area (Å²) in [7, 11) is 0. The molecule has 0 fully saturated rings. The second kappa shape index (κ2) is 5.73. The molecule has 0 N–H and O–H groups in total. The highest BCUT2D eigenvalue weighted by molar-refractivity contribution is 6.04. The number of allylic oxidation sites excluding steroid dienone is 1. The number of para-hydroxylation sites is 1. The third-order valence-corrected chi connectivity index (χ3v) is 2.16. The van der Waals surface area contributed by atoms with E-state index in [0.29, 0.717) is 11.3 Å². The molecule has 0 heterocycles. The summed E-state index contributed by atoms with van der Waals surface area (Å²) in [6.45, 7) is 10.8. The number of carbonyl (C=O) groups excluding carboxylic acids is 1. The molecule has 1 amide bonds. The van der Waals surface area contributed by atoms with Gasteiger partial charge in [-0.2, -0.15) is 0 Å². The Morgan fingerprint density at radius 3 is 2.59 bits per heavy atom. The molecule has 1 aromatic carbocycles. The summed E-state index contributed by atoms with van der Waals surface area (Å²) in [5.41, 5.74) is 2.58. The molecule has 1 rings (SSSR count). The molecule has 0 spiro atoms. The first-order valence-corrected chi connectivity index (χ1v) is 5.16. The molecule has 0 aromatic heterocycles. The fourth-order valence-electron chi connectivity index (χ4n) is 1.45. The molecule has 86 valence electrons. The van der Waals surface area contributed by atoms with Crippen LogP contribution in [0.3, 0.4) is 0 Å². The standard InChI is InChI=1S/C14H14N2O/c1-5-15-13-11(10(3)4)8-7-9-12(13)14(17)16-6-2/h6-9H,1,3H2,2,4H3. The van der Waals surface area contributed by atoms with E-state index in [9.17, 15) is 4.79 Å². The van der Waals surface area contributed by atoms with Crippen LogP contribution in [0.25, 0.3) is 5.57 Å². The highest BCUT2D eigenvalue weighted by atomic mass is 16.1. The summed E-state index contributed by atoms with van der Waals surface area (Å²) in [6, 6.07) is 5.31. The Balaban J connectivity index is 3.50. The van der Waals surface area contributed by atoms with Crippen molar-refractivity contribution < 1.29 is 4.79 Å². The minimum absolute atomic E-state index is 0.329. The first kappa shape index (κ1) is 12.8. The van der Waals surface area contributed by atoms with Crippen LogP contribution in [0.1, 0.15) is 29.8 Å². The van der Waals surface area contributed by atoms with E-state index in [-0.39, 0.29) is 5.91 Å². The fourth-order valence-corrected chi connectivity index (χ4v) is 1.45. The molecule has 0 saturated carbocycles. The van der Waals surface area contributed by atoms with Crippen LogP contribution in [0.2, 0.25) is 0 Å². The highest BCUT2D eigenvalue weighted by Crippen LogP contribution is 2.29. The van der Waals surface area contributed by atoms with Crippen molar-refractivity contribution in [1.29, 1.82) is 0 Å². The molecular formula is C14H14N2O. The Morgan fingerprint density at radius 1 is 1.41 bits per heavy atom. The first-order valence-electron chi connectivity index (χ1n) is 5.16. The van der Waals surface area contributed by atoms with Crippen LogP contribution in [0.15, 0.2) is 41.3 Å². The van der Waals surface area contributed by atoms with Gasteiger partial charge in [-0.1, -0.05) is 18.7 Å². The van der Waals surface area contributed by atoms with Crippen LogP contribution in [0.5, 0.6) is 0 Å². The highest BCUT2D eigenvalue weighted by Gasteiger charge is 2.13. The van der Waals surface area contributed by atoms with Crippen molar-refractivity contribution in [2.75, 3.05) is 0 Å². The molecule has 0 aliphatic rings. The van der Waals surface area contributed by atoms with E-state index in [1.54, 1.807) is 19.1 Å². The molecule has 1 aromatic rings. The van der Waals surface area contributed by atoms with E-state index < -0.39 is 0 Å². The van der Waals surface area contributed by atoms with Crippen LogP contribution in [-0.2, 0) is 0 Å². The number of carbonyl (C=O) groups is 1. The van der Waals surface area contributed by atoms with E-state index in [4.69, 9.17) is 0 Å². The van der Waals surface area contributed by atoms with Gasteiger partial charge in [-0.3, -0.25) is 4.79 Å². The Labute approximate surface area is 101 Å². The van der Waals surface area contributed by atoms with Gasteiger partial charge in [0.15, 0.2) is 0 Å². The van der Waals surface area contributed by atoms with Gasteiger partial charge in [0.2, 0.25) is 0 Å². The summed E-state index contributed by atoms with van der Waals surface area (Å²) >= 11 is 0. The minimum atomic E-state index is -0.329. The average molecular weight is 226 g/mol. The molecule has 3 nitrogen and oxygen atoms in total. The molecule has 0 aliphatic heterocycles. The van der Waals surface area contributed by atoms with Gasteiger partial charge >= 0.3 is 0 Å². The smallest absolute Gasteiger partial charge is 0.267 e. The third kappa shape index (κ3) is 2.86. The quantitative estimate of drug-likeness (QED) is 0.728. The van der Waals surface area contributed by atoms with Crippen LogP contribution < -0.4 is 0 Å². The van der Waals surface area contributed by atoms with Gasteiger partial charge in [-0.15, -0.1) is 0 Å². The molecule has 3 heteroatoms. The van der Waals surface area contributed by atoms with Crippen molar-refractivity contribution in [3.8, 4) is 0 Å². The second-order valence-electron chi connectivity index (χ2n) is 3.44. The monoisotopic (exact) mass is 226 g/mol. The number of hydrogen-bond donors (Lipinski definition) is 0. The SMILES string of the molecule is C=C=Nc1c(C(=C)C)cccc1C(=O)N=CC. The number of benzene rings is 1. The molecule has 0 aliphatic carbocycles. The van der Waals surface area contributed by atoms with Gasteiger partial charge < -0.3 is 0 Å². The summed E-state index contributed by atoms with van der Waals surface area (Å²) < 4.78 is 0. The first-order chi connectivity index (χ1) is 8.11. The van der Waals surface area contributed by atoms with Crippen LogP contribution in [-0.4, -0.2) is 18.0 Å². The number of aliphatic imine (C=N–C) groups is 2.